The second kappa shape index (κ2) is 5.47. The maximum Gasteiger partial charge on any atom is 0.258 e. The maximum absolute atomic E-state index is 12.5. The molecule has 2 aromatic heterocycles. The molecule has 1 aliphatic carbocycles. The predicted octanol–water partition coefficient (Wildman–Crippen LogP) is 4.07. The summed E-state index contributed by atoms with van der Waals surface area (Å²) in [6.45, 7) is 1.88. The van der Waals surface area contributed by atoms with Gasteiger partial charge in [0.05, 0.1) is 16.8 Å². The van der Waals surface area contributed by atoms with E-state index < -0.39 is 0 Å². The number of hydrogen-bond acceptors (Lipinski definition) is 3. The third-order valence-electron chi connectivity index (χ3n) is 4.19. The summed E-state index contributed by atoms with van der Waals surface area (Å²) in [6, 6.07) is 15.5. The number of hydrogen-bond donors (Lipinski definition) is 1. The van der Waals surface area contributed by atoms with Gasteiger partial charge in [-0.3, -0.25) is 9.78 Å². The SMILES string of the molecule is Cc1nc(C2CC2)ccc1C(=O)Nc1ccc2ccccc2n1. The lowest BCUT2D eigenvalue weighted by atomic mass is 10.1. The summed E-state index contributed by atoms with van der Waals surface area (Å²) in [5, 5.41) is 3.92. The highest BCUT2D eigenvalue weighted by Crippen LogP contribution is 2.39. The normalized spacial score (nSPS) is 14.0. The second-order valence-electron chi connectivity index (χ2n) is 5.99. The fourth-order valence-electron chi connectivity index (χ4n) is 2.75. The molecule has 0 atom stereocenters. The molecule has 23 heavy (non-hydrogen) atoms. The molecule has 2 heterocycles. The van der Waals surface area contributed by atoms with E-state index in [4.69, 9.17) is 0 Å². The highest BCUT2D eigenvalue weighted by atomic mass is 16.1. The van der Waals surface area contributed by atoms with Gasteiger partial charge in [-0.15, -0.1) is 0 Å². The quantitative estimate of drug-likeness (QED) is 0.793. The van der Waals surface area contributed by atoms with Gasteiger partial charge in [0.1, 0.15) is 5.82 Å². The van der Waals surface area contributed by atoms with Crippen molar-refractivity contribution in [3.63, 3.8) is 0 Å². The first-order valence-corrected chi connectivity index (χ1v) is 7.85. The van der Waals surface area contributed by atoms with Crippen molar-refractivity contribution < 1.29 is 4.79 Å². The first kappa shape index (κ1) is 13.9. The Morgan fingerprint density at radius 1 is 1.04 bits per heavy atom. The van der Waals surface area contributed by atoms with Crippen molar-refractivity contribution in [3.05, 3.63) is 65.5 Å². The van der Waals surface area contributed by atoms with Crippen LogP contribution in [0.5, 0.6) is 0 Å². The summed E-state index contributed by atoms with van der Waals surface area (Å²) in [5.74, 6) is 0.979. The van der Waals surface area contributed by atoms with E-state index in [0.29, 0.717) is 17.3 Å². The molecule has 0 aliphatic heterocycles. The number of amides is 1. The van der Waals surface area contributed by atoms with E-state index in [1.165, 1.54) is 12.8 Å². The molecule has 0 saturated heterocycles. The number of aryl methyl sites for hydroxylation is 1. The number of nitrogens with one attached hydrogen (secondary N) is 1. The van der Waals surface area contributed by atoms with Crippen LogP contribution in [0.15, 0.2) is 48.5 Å². The summed E-state index contributed by atoms with van der Waals surface area (Å²) in [4.78, 5) is 21.5. The molecular weight excluding hydrogens is 286 g/mol. The number of carbonyl (C=O) groups excluding carboxylic acids is 1. The lowest BCUT2D eigenvalue weighted by Crippen LogP contribution is -2.15. The minimum atomic E-state index is -0.167. The molecule has 1 fully saturated rings. The van der Waals surface area contributed by atoms with Crippen molar-refractivity contribution in [2.75, 3.05) is 5.32 Å². The van der Waals surface area contributed by atoms with Gasteiger partial charge in [-0.1, -0.05) is 18.2 Å². The van der Waals surface area contributed by atoms with Crippen LogP contribution < -0.4 is 5.32 Å². The van der Waals surface area contributed by atoms with Crippen LogP contribution in [-0.2, 0) is 0 Å². The number of anilines is 1. The molecule has 0 bridgehead atoms. The first-order chi connectivity index (χ1) is 11.2. The van der Waals surface area contributed by atoms with Gasteiger partial charge in [0.2, 0.25) is 0 Å². The first-order valence-electron chi connectivity index (χ1n) is 7.85. The van der Waals surface area contributed by atoms with Crippen molar-refractivity contribution in [3.8, 4) is 0 Å². The van der Waals surface area contributed by atoms with Gasteiger partial charge in [-0.2, -0.15) is 0 Å². The Morgan fingerprint density at radius 3 is 2.65 bits per heavy atom. The number of aromatic nitrogens is 2. The monoisotopic (exact) mass is 303 g/mol. The van der Waals surface area contributed by atoms with Crippen molar-refractivity contribution in [1.29, 1.82) is 0 Å². The van der Waals surface area contributed by atoms with Crippen LogP contribution in [-0.4, -0.2) is 15.9 Å². The Kier molecular flexibility index (Phi) is 3.30. The number of para-hydroxylation sites is 1. The molecule has 1 N–H and O–H groups in total. The molecule has 1 aromatic carbocycles. The smallest absolute Gasteiger partial charge is 0.258 e. The van der Waals surface area contributed by atoms with Gasteiger partial charge in [0.25, 0.3) is 5.91 Å². The third kappa shape index (κ3) is 2.80. The van der Waals surface area contributed by atoms with Crippen LogP contribution >= 0.6 is 0 Å². The third-order valence-corrected chi connectivity index (χ3v) is 4.19. The topological polar surface area (TPSA) is 54.9 Å². The number of nitrogens with zero attached hydrogens (tertiary/aromatic N) is 2. The van der Waals surface area contributed by atoms with E-state index in [1.807, 2.05) is 55.5 Å². The highest BCUT2D eigenvalue weighted by molar-refractivity contribution is 6.04. The van der Waals surface area contributed by atoms with E-state index in [9.17, 15) is 4.79 Å². The predicted molar refractivity (Wildman–Crippen MR) is 90.6 cm³/mol. The molecule has 0 unspecified atom stereocenters. The Bertz CT molecular complexity index is 900. The van der Waals surface area contributed by atoms with Gasteiger partial charge in [-0.25, -0.2) is 4.98 Å². The molecule has 4 rings (SSSR count). The molecule has 114 valence electrons. The zero-order chi connectivity index (χ0) is 15.8. The Labute approximate surface area is 134 Å². The summed E-state index contributed by atoms with van der Waals surface area (Å²) >= 11 is 0. The standard InChI is InChI=1S/C19H17N3O/c1-12-15(9-10-17(20-12)14-6-7-14)19(23)22-18-11-8-13-4-2-3-5-16(13)21-18/h2-5,8-11,14H,6-7H2,1H3,(H,21,22,23). The van der Waals surface area contributed by atoms with Gasteiger partial charge in [-0.05, 0) is 50.1 Å². The van der Waals surface area contributed by atoms with Crippen LogP contribution in [0.2, 0.25) is 0 Å². The van der Waals surface area contributed by atoms with Gasteiger partial charge >= 0.3 is 0 Å². The number of rotatable bonds is 3. The summed E-state index contributed by atoms with van der Waals surface area (Å²) < 4.78 is 0. The summed E-state index contributed by atoms with van der Waals surface area (Å²) in [5.41, 5.74) is 3.34. The second-order valence-corrected chi connectivity index (χ2v) is 5.99. The van der Waals surface area contributed by atoms with Crippen molar-refractivity contribution >= 4 is 22.6 Å². The van der Waals surface area contributed by atoms with Gasteiger partial charge in [0.15, 0.2) is 0 Å². The molecule has 0 radical (unpaired) electrons. The molecule has 1 saturated carbocycles. The van der Waals surface area contributed by atoms with Crippen LogP contribution in [0.4, 0.5) is 5.82 Å². The Balaban J connectivity index is 1.58. The van der Waals surface area contributed by atoms with Crippen LogP contribution in [0.3, 0.4) is 0 Å². The molecule has 4 nitrogen and oxygen atoms in total. The van der Waals surface area contributed by atoms with Crippen LogP contribution in [0.25, 0.3) is 10.9 Å². The Morgan fingerprint density at radius 2 is 1.87 bits per heavy atom. The zero-order valence-corrected chi connectivity index (χ0v) is 12.9. The van der Waals surface area contributed by atoms with Crippen molar-refractivity contribution in [2.24, 2.45) is 0 Å². The molecule has 1 aliphatic rings. The van der Waals surface area contributed by atoms with Crippen LogP contribution in [0, 0.1) is 6.92 Å². The maximum atomic E-state index is 12.5. The van der Waals surface area contributed by atoms with Gasteiger partial charge in [0, 0.05) is 17.0 Å². The summed E-state index contributed by atoms with van der Waals surface area (Å²) in [7, 11) is 0. The molecular formula is C19H17N3O. The number of fused-ring (bicyclic) bond motifs is 1. The van der Waals surface area contributed by atoms with E-state index in [2.05, 4.69) is 15.3 Å². The molecule has 1 amide bonds. The number of carbonyl (C=O) groups is 1. The minimum absolute atomic E-state index is 0.167. The lowest BCUT2D eigenvalue weighted by Gasteiger charge is -2.09. The average Bonchev–Trinajstić information content (AvgIpc) is 3.39. The Hall–Kier alpha value is -2.75. The van der Waals surface area contributed by atoms with E-state index in [-0.39, 0.29) is 5.91 Å². The summed E-state index contributed by atoms with van der Waals surface area (Å²) in [6.07, 6.45) is 2.41. The van der Waals surface area contributed by atoms with E-state index in [1.54, 1.807) is 0 Å². The fourth-order valence-corrected chi connectivity index (χ4v) is 2.75. The van der Waals surface area contributed by atoms with Crippen molar-refractivity contribution in [2.45, 2.75) is 25.7 Å². The molecule has 4 heteroatoms. The van der Waals surface area contributed by atoms with E-state index >= 15 is 0 Å². The van der Waals surface area contributed by atoms with Gasteiger partial charge < -0.3 is 5.32 Å². The number of benzene rings is 1. The lowest BCUT2D eigenvalue weighted by molar-refractivity contribution is 0.102. The highest BCUT2D eigenvalue weighted by Gasteiger charge is 2.25. The van der Waals surface area contributed by atoms with Crippen molar-refractivity contribution in [1.82, 2.24) is 9.97 Å². The minimum Gasteiger partial charge on any atom is -0.306 e. The largest absolute Gasteiger partial charge is 0.306 e. The number of pyridine rings is 2. The zero-order valence-electron chi connectivity index (χ0n) is 12.9. The molecule has 3 aromatic rings. The van der Waals surface area contributed by atoms with Crippen LogP contribution in [0.1, 0.15) is 40.5 Å². The van der Waals surface area contributed by atoms with E-state index in [0.717, 1.165) is 22.3 Å². The molecule has 0 spiro atoms. The fraction of sp³-hybridized carbons (Fsp3) is 0.211. The average molecular weight is 303 g/mol.